The zero-order chi connectivity index (χ0) is 14.3. The monoisotopic (exact) mass is 251 g/mol. The van der Waals surface area contributed by atoms with Crippen LogP contribution in [0.2, 0.25) is 0 Å². The average Bonchev–Trinajstić information content (AvgIpc) is 2.38. The van der Waals surface area contributed by atoms with Gasteiger partial charge in [0.2, 0.25) is 5.91 Å². The predicted molar refractivity (Wildman–Crippen MR) is 66.8 cm³/mol. The van der Waals surface area contributed by atoms with Crippen LogP contribution in [0.1, 0.15) is 5.56 Å². The first-order valence-corrected chi connectivity index (χ1v) is 5.19. The lowest BCUT2D eigenvalue weighted by Crippen LogP contribution is -2.13. The molecule has 0 atom stereocenters. The zero-order valence-electron chi connectivity index (χ0n) is 9.84. The molecule has 0 saturated heterocycles. The smallest absolute Gasteiger partial charge is 0.221 e. The molecule has 6 nitrogen and oxygen atoms in total. The number of benzene rings is 1. The molecular formula is C13H9N5O. The number of nitrogens with one attached hydrogen (secondary N) is 1. The molecule has 0 aromatic heterocycles. The molecule has 0 aliphatic heterocycles. The minimum Gasteiger partial charge on any atom is -0.369 e. The number of amides is 1. The van der Waals surface area contributed by atoms with Gasteiger partial charge >= 0.3 is 0 Å². The van der Waals surface area contributed by atoms with Crippen molar-refractivity contribution >= 4 is 11.6 Å². The van der Waals surface area contributed by atoms with Gasteiger partial charge in [-0.3, -0.25) is 4.79 Å². The minimum absolute atomic E-state index is 0.0739. The third-order valence-corrected chi connectivity index (χ3v) is 2.16. The van der Waals surface area contributed by atoms with E-state index in [9.17, 15) is 4.79 Å². The van der Waals surface area contributed by atoms with Crippen molar-refractivity contribution in [2.24, 2.45) is 5.73 Å². The molecule has 0 fully saturated rings. The molecule has 19 heavy (non-hydrogen) atoms. The average molecular weight is 251 g/mol. The molecule has 0 aliphatic carbocycles. The number of hydrogen-bond acceptors (Lipinski definition) is 5. The Morgan fingerprint density at radius 1 is 1.21 bits per heavy atom. The van der Waals surface area contributed by atoms with Gasteiger partial charge in [-0.05, 0) is 17.7 Å². The largest absolute Gasteiger partial charge is 0.369 e. The van der Waals surface area contributed by atoms with Gasteiger partial charge in [-0.15, -0.1) is 0 Å². The van der Waals surface area contributed by atoms with Crippen LogP contribution in [0.5, 0.6) is 0 Å². The molecule has 0 spiro atoms. The third-order valence-electron chi connectivity index (χ3n) is 2.16. The number of rotatable bonds is 4. The van der Waals surface area contributed by atoms with Gasteiger partial charge in [-0.25, -0.2) is 0 Å². The molecule has 92 valence electrons. The molecule has 0 heterocycles. The van der Waals surface area contributed by atoms with Crippen molar-refractivity contribution in [3.8, 4) is 18.2 Å². The second-order valence-corrected chi connectivity index (χ2v) is 3.55. The Hall–Kier alpha value is -3.30. The Labute approximate surface area is 110 Å². The summed E-state index contributed by atoms with van der Waals surface area (Å²) in [4.78, 5) is 10.8. The van der Waals surface area contributed by atoms with Crippen LogP contribution in [0.25, 0.3) is 0 Å². The summed E-state index contributed by atoms with van der Waals surface area (Å²) in [6.07, 6.45) is 0.0739. The summed E-state index contributed by atoms with van der Waals surface area (Å²) in [6.45, 7) is 0. The van der Waals surface area contributed by atoms with E-state index in [-0.39, 0.29) is 17.7 Å². The highest BCUT2D eigenvalue weighted by atomic mass is 16.1. The number of nitriles is 3. The molecule has 6 heteroatoms. The second-order valence-electron chi connectivity index (χ2n) is 3.55. The number of anilines is 1. The Bertz CT molecular complexity index is 639. The highest BCUT2D eigenvalue weighted by Gasteiger charge is 2.06. The lowest BCUT2D eigenvalue weighted by molar-refractivity contribution is -0.117. The maximum absolute atomic E-state index is 10.8. The van der Waals surface area contributed by atoms with Crippen LogP contribution in [0.3, 0.4) is 0 Å². The van der Waals surface area contributed by atoms with Gasteiger partial charge in [0, 0.05) is 5.69 Å². The van der Waals surface area contributed by atoms with Crippen molar-refractivity contribution < 1.29 is 4.79 Å². The molecule has 0 aliphatic rings. The first-order chi connectivity index (χ1) is 9.10. The molecule has 3 N–H and O–H groups in total. The number of allylic oxidation sites excluding steroid dienone is 2. The fraction of sp³-hybridized carbons (Fsp3) is 0.0769. The van der Waals surface area contributed by atoms with E-state index in [4.69, 9.17) is 21.5 Å². The van der Waals surface area contributed by atoms with Crippen molar-refractivity contribution in [2.45, 2.75) is 6.42 Å². The molecule has 0 unspecified atom stereocenters. The summed E-state index contributed by atoms with van der Waals surface area (Å²) in [6, 6.07) is 11.7. The SMILES string of the molecule is N#CC(C#N)=C(C#N)Nc1cccc(CC(N)=O)c1. The number of primary amides is 1. The molecule has 1 aromatic rings. The molecule has 0 saturated carbocycles. The summed E-state index contributed by atoms with van der Waals surface area (Å²) < 4.78 is 0. The standard InChI is InChI=1S/C13H9N5O/c14-6-10(7-15)12(8-16)18-11-3-1-2-9(4-11)5-13(17)19/h1-4,18H,5H2,(H2,17,19). The Balaban J connectivity index is 3.04. The van der Waals surface area contributed by atoms with Crippen molar-refractivity contribution in [2.75, 3.05) is 5.32 Å². The first kappa shape index (κ1) is 13.8. The van der Waals surface area contributed by atoms with E-state index < -0.39 is 5.91 Å². The fourth-order valence-electron chi connectivity index (χ4n) is 1.39. The van der Waals surface area contributed by atoms with Gasteiger partial charge in [-0.1, -0.05) is 12.1 Å². The van der Waals surface area contributed by atoms with E-state index >= 15 is 0 Å². The Morgan fingerprint density at radius 3 is 2.42 bits per heavy atom. The van der Waals surface area contributed by atoms with Crippen molar-refractivity contribution in [3.63, 3.8) is 0 Å². The minimum atomic E-state index is -0.470. The Morgan fingerprint density at radius 2 is 1.89 bits per heavy atom. The molecule has 1 aromatic carbocycles. The first-order valence-electron chi connectivity index (χ1n) is 5.19. The van der Waals surface area contributed by atoms with Gasteiger partial charge in [0.15, 0.2) is 5.57 Å². The molecular weight excluding hydrogens is 242 g/mol. The lowest BCUT2D eigenvalue weighted by atomic mass is 10.1. The maximum atomic E-state index is 10.8. The highest BCUT2D eigenvalue weighted by Crippen LogP contribution is 2.14. The van der Waals surface area contributed by atoms with Crippen LogP contribution in [-0.4, -0.2) is 5.91 Å². The van der Waals surface area contributed by atoms with Crippen molar-refractivity contribution in [3.05, 3.63) is 41.1 Å². The number of carbonyl (C=O) groups is 1. The van der Waals surface area contributed by atoms with E-state index in [0.29, 0.717) is 11.3 Å². The summed E-state index contributed by atoms with van der Waals surface area (Å²) in [7, 11) is 0. The normalized spacial score (nSPS) is 8.47. The molecule has 1 rings (SSSR count). The summed E-state index contributed by atoms with van der Waals surface area (Å²) >= 11 is 0. The van der Waals surface area contributed by atoms with Gasteiger partial charge in [-0.2, -0.15) is 15.8 Å². The van der Waals surface area contributed by atoms with Crippen molar-refractivity contribution in [1.82, 2.24) is 0 Å². The zero-order valence-corrected chi connectivity index (χ0v) is 9.84. The number of carbonyl (C=O) groups excluding carboxylic acids is 1. The van der Waals surface area contributed by atoms with E-state index in [1.807, 2.05) is 0 Å². The fourth-order valence-corrected chi connectivity index (χ4v) is 1.39. The predicted octanol–water partition coefficient (Wildman–Crippen LogP) is 0.951. The number of nitrogens with zero attached hydrogens (tertiary/aromatic N) is 3. The summed E-state index contributed by atoms with van der Waals surface area (Å²) in [5.74, 6) is -0.470. The summed E-state index contributed by atoms with van der Waals surface area (Å²) in [5, 5.41) is 28.9. The van der Waals surface area contributed by atoms with Crippen LogP contribution in [0.15, 0.2) is 35.5 Å². The topological polar surface area (TPSA) is 126 Å². The van der Waals surface area contributed by atoms with Gasteiger partial charge < -0.3 is 11.1 Å². The quantitative estimate of drug-likeness (QED) is 0.770. The molecule has 1 amide bonds. The van der Waals surface area contributed by atoms with Crippen LogP contribution >= 0.6 is 0 Å². The lowest BCUT2D eigenvalue weighted by Gasteiger charge is -2.06. The van der Waals surface area contributed by atoms with E-state index in [0.717, 1.165) is 0 Å². The van der Waals surface area contributed by atoms with Crippen LogP contribution in [0, 0.1) is 34.0 Å². The van der Waals surface area contributed by atoms with Crippen LogP contribution in [-0.2, 0) is 11.2 Å². The molecule has 0 bridgehead atoms. The highest BCUT2D eigenvalue weighted by molar-refractivity contribution is 5.77. The van der Waals surface area contributed by atoms with E-state index in [1.54, 1.807) is 42.5 Å². The van der Waals surface area contributed by atoms with Crippen LogP contribution in [0.4, 0.5) is 5.69 Å². The third kappa shape index (κ3) is 3.89. The van der Waals surface area contributed by atoms with E-state index in [1.165, 1.54) is 0 Å². The van der Waals surface area contributed by atoms with Gasteiger partial charge in [0.05, 0.1) is 6.42 Å². The molecule has 0 radical (unpaired) electrons. The second kappa shape index (κ2) is 6.44. The van der Waals surface area contributed by atoms with Gasteiger partial charge in [0.1, 0.15) is 23.9 Å². The van der Waals surface area contributed by atoms with Gasteiger partial charge in [0.25, 0.3) is 0 Å². The Kier molecular flexibility index (Phi) is 4.66. The summed E-state index contributed by atoms with van der Waals surface area (Å²) in [5.41, 5.74) is 5.82. The number of nitrogens with two attached hydrogens (primary N) is 1. The number of hydrogen-bond donors (Lipinski definition) is 2. The van der Waals surface area contributed by atoms with Crippen LogP contribution < -0.4 is 11.1 Å². The van der Waals surface area contributed by atoms with Crippen molar-refractivity contribution in [1.29, 1.82) is 15.8 Å². The van der Waals surface area contributed by atoms with E-state index in [2.05, 4.69) is 5.32 Å². The maximum Gasteiger partial charge on any atom is 0.221 e.